The van der Waals surface area contributed by atoms with Crippen LogP contribution in [-0.2, 0) is 4.79 Å². The summed E-state index contributed by atoms with van der Waals surface area (Å²) in [5.74, 6) is -0.101. The van der Waals surface area contributed by atoms with Gasteiger partial charge in [-0.05, 0) is 24.6 Å². The number of aliphatic hydroxyl groups excluding tert-OH is 1. The Morgan fingerprint density at radius 3 is 2.40 bits per heavy atom. The van der Waals surface area contributed by atoms with E-state index in [2.05, 4.69) is 17.2 Å². The van der Waals surface area contributed by atoms with Crippen molar-refractivity contribution in [1.29, 1.82) is 0 Å². The van der Waals surface area contributed by atoms with Crippen molar-refractivity contribution in [1.82, 2.24) is 4.90 Å². The van der Waals surface area contributed by atoms with E-state index in [1.165, 1.54) is 0 Å². The molecule has 25 heavy (non-hydrogen) atoms. The van der Waals surface area contributed by atoms with Gasteiger partial charge >= 0.3 is 0 Å². The van der Waals surface area contributed by atoms with Crippen molar-refractivity contribution in [2.45, 2.75) is 19.4 Å². The molecule has 1 N–H and O–H groups in total. The smallest absolute Gasteiger partial charge is 0.270 e. The number of hydrazone groups is 1. The Labute approximate surface area is 148 Å². The molecule has 0 fully saturated rings. The highest BCUT2D eigenvalue weighted by molar-refractivity contribution is 6.39. The maximum Gasteiger partial charge on any atom is 0.270 e. The molecule has 1 amide bonds. The van der Waals surface area contributed by atoms with Crippen molar-refractivity contribution in [2.24, 2.45) is 5.10 Å². The van der Waals surface area contributed by atoms with Crippen LogP contribution in [0.2, 0.25) is 0 Å². The first-order valence-electron chi connectivity index (χ1n) is 8.61. The van der Waals surface area contributed by atoms with Crippen LogP contribution in [0.15, 0.2) is 65.8 Å². The lowest BCUT2D eigenvalue weighted by molar-refractivity contribution is -0.124. The number of aliphatic hydroxyl groups is 1. The van der Waals surface area contributed by atoms with Crippen LogP contribution in [-0.4, -0.2) is 41.3 Å². The van der Waals surface area contributed by atoms with Gasteiger partial charge in [-0.2, -0.15) is 5.10 Å². The van der Waals surface area contributed by atoms with Crippen LogP contribution in [0.1, 0.15) is 24.9 Å². The first-order chi connectivity index (χ1) is 12.2. The lowest BCUT2D eigenvalue weighted by atomic mass is 10.0. The summed E-state index contributed by atoms with van der Waals surface area (Å²) in [5, 5.41) is 15.7. The molecule has 0 aromatic heterocycles. The predicted molar refractivity (Wildman–Crippen MR) is 99.5 cm³/mol. The summed E-state index contributed by atoms with van der Waals surface area (Å²) in [6.45, 7) is 2.75. The SMILES string of the molecule is CCN(CCO)C(=O)C1=NN(c2ccccc2)[C@H](c2ccccc2)C1. The van der Waals surface area contributed by atoms with Crippen molar-refractivity contribution in [3.8, 4) is 0 Å². The first-order valence-corrected chi connectivity index (χ1v) is 8.61. The number of likely N-dealkylation sites (N-methyl/N-ethyl adjacent to an activating group) is 1. The molecule has 0 spiro atoms. The predicted octanol–water partition coefficient (Wildman–Crippen LogP) is 2.83. The molecule has 2 aromatic carbocycles. The van der Waals surface area contributed by atoms with Gasteiger partial charge in [0.15, 0.2) is 0 Å². The highest BCUT2D eigenvalue weighted by Crippen LogP contribution is 2.35. The van der Waals surface area contributed by atoms with Crippen LogP contribution in [0.25, 0.3) is 0 Å². The molecule has 2 aromatic rings. The molecule has 1 atom stereocenters. The van der Waals surface area contributed by atoms with Crippen LogP contribution in [0.4, 0.5) is 5.69 Å². The molecule has 130 valence electrons. The molecule has 0 radical (unpaired) electrons. The van der Waals surface area contributed by atoms with E-state index < -0.39 is 0 Å². The van der Waals surface area contributed by atoms with Crippen molar-refractivity contribution < 1.29 is 9.90 Å². The van der Waals surface area contributed by atoms with E-state index in [0.717, 1.165) is 11.3 Å². The van der Waals surface area contributed by atoms with Gasteiger partial charge in [-0.15, -0.1) is 0 Å². The maximum atomic E-state index is 12.8. The molecule has 5 heteroatoms. The van der Waals surface area contributed by atoms with Gasteiger partial charge in [0.2, 0.25) is 0 Å². The number of anilines is 1. The summed E-state index contributed by atoms with van der Waals surface area (Å²) in [4.78, 5) is 14.4. The number of carbonyl (C=O) groups excluding carboxylic acids is 1. The topological polar surface area (TPSA) is 56.1 Å². The minimum absolute atomic E-state index is 0.00428. The van der Waals surface area contributed by atoms with E-state index in [9.17, 15) is 9.90 Å². The third kappa shape index (κ3) is 3.72. The standard InChI is InChI=1S/C20H23N3O2/c1-2-22(13-14-24)20(25)18-15-19(16-9-5-3-6-10-16)23(21-18)17-11-7-4-8-12-17/h3-12,19,24H,2,13-15H2,1H3/t19-/m0/s1. The second kappa shape index (κ2) is 7.94. The number of carbonyl (C=O) groups is 1. The summed E-state index contributed by atoms with van der Waals surface area (Å²) in [6, 6.07) is 20.0. The Morgan fingerprint density at radius 2 is 1.80 bits per heavy atom. The van der Waals surface area contributed by atoms with Crippen LogP contribution < -0.4 is 5.01 Å². The first kappa shape index (κ1) is 17.2. The van der Waals surface area contributed by atoms with Crippen LogP contribution in [0.5, 0.6) is 0 Å². The lowest BCUT2D eigenvalue weighted by Crippen LogP contribution is -2.37. The molecule has 1 aliphatic heterocycles. The van der Waals surface area contributed by atoms with Crippen LogP contribution >= 0.6 is 0 Å². The summed E-state index contributed by atoms with van der Waals surface area (Å²) in [5.41, 5.74) is 2.63. The molecule has 0 aliphatic carbocycles. The molecule has 1 aliphatic rings. The van der Waals surface area contributed by atoms with E-state index in [4.69, 9.17) is 0 Å². The fraction of sp³-hybridized carbons (Fsp3) is 0.300. The zero-order valence-electron chi connectivity index (χ0n) is 14.4. The molecule has 1 heterocycles. The van der Waals surface area contributed by atoms with E-state index in [1.54, 1.807) is 4.90 Å². The van der Waals surface area contributed by atoms with Gasteiger partial charge in [0, 0.05) is 19.5 Å². The number of benzene rings is 2. The molecular formula is C20H23N3O2. The van der Waals surface area contributed by atoms with Gasteiger partial charge in [-0.1, -0.05) is 48.5 Å². The van der Waals surface area contributed by atoms with Crippen molar-refractivity contribution >= 4 is 17.3 Å². The largest absolute Gasteiger partial charge is 0.395 e. The van der Waals surface area contributed by atoms with Gasteiger partial charge < -0.3 is 10.0 Å². The maximum absolute atomic E-state index is 12.8. The minimum atomic E-state index is -0.101. The van der Waals surface area contributed by atoms with Gasteiger partial charge in [-0.25, -0.2) is 0 Å². The zero-order chi connectivity index (χ0) is 17.6. The fourth-order valence-corrected chi connectivity index (χ4v) is 3.10. The second-order valence-electron chi connectivity index (χ2n) is 5.97. The quantitative estimate of drug-likeness (QED) is 0.882. The number of amides is 1. The Bertz CT molecular complexity index is 731. The molecule has 5 nitrogen and oxygen atoms in total. The number of hydrogen-bond acceptors (Lipinski definition) is 4. The van der Waals surface area contributed by atoms with E-state index in [1.807, 2.05) is 60.5 Å². The van der Waals surface area contributed by atoms with Crippen LogP contribution in [0, 0.1) is 0 Å². The fourth-order valence-electron chi connectivity index (χ4n) is 3.10. The van der Waals surface area contributed by atoms with E-state index in [0.29, 0.717) is 25.2 Å². The summed E-state index contributed by atoms with van der Waals surface area (Å²) < 4.78 is 0. The Morgan fingerprint density at radius 1 is 1.16 bits per heavy atom. The molecular weight excluding hydrogens is 314 g/mol. The summed E-state index contributed by atoms with van der Waals surface area (Å²) >= 11 is 0. The number of rotatable bonds is 6. The normalized spacial score (nSPS) is 16.6. The average Bonchev–Trinajstić information content (AvgIpc) is 3.12. The van der Waals surface area contributed by atoms with Crippen molar-refractivity contribution in [3.05, 3.63) is 66.2 Å². The van der Waals surface area contributed by atoms with Crippen molar-refractivity contribution in [2.75, 3.05) is 24.7 Å². The van der Waals surface area contributed by atoms with Crippen molar-refractivity contribution in [3.63, 3.8) is 0 Å². The van der Waals surface area contributed by atoms with Gasteiger partial charge in [-0.3, -0.25) is 9.80 Å². The Balaban J connectivity index is 1.92. The molecule has 0 bridgehead atoms. The molecule has 0 unspecified atom stereocenters. The zero-order valence-corrected chi connectivity index (χ0v) is 14.4. The second-order valence-corrected chi connectivity index (χ2v) is 5.97. The number of nitrogens with zero attached hydrogens (tertiary/aromatic N) is 3. The lowest BCUT2D eigenvalue weighted by Gasteiger charge is -2.23. The van der Waals surface area contributed by atoms with Crippen LogP contribution in [0.3, 0.4) is 0 Å². The highest BCUT2D eigenvalue weighted by Gasteiger charge is 2.33. The van der Waals surface area contributed by atoms with E-state index >= 15 is 0 Å². The Kier molecular flexibility index (Phi) is 5.46. The van der Waals surface area contributed by atoms with E-state index in [-0.39, 0.29) is 18.6 Å². The molecule has 3 rings (SSSR count). The third-order valence-corrected chi connectivity index (χ3v) is 4.40. The summed E-state index contributed by atoms with van der Waals surface area (Å²) in [7, 11) is 0. The molecule has 0 saturated heterocycles. The molecule has 0 saturated carbocycles. The number of hydrogen-bond donors (Lipinski definition) is 1. The third-order valence-electron chi connectivity index (χ3n) is 4.40. The highest BCUT2D eigenvalue weighted by atomic mass is 16.3. The number of para-hydroxylation sites is 1. The van der Waals surface area contributed by atoms with Gasteiger partial charge in [0.05, 0.1) is 18.3 Å². The average molecular weight is 337 g/mol. The summed E-state index contributed by atoms with van der Waals surface area (Å²) in [6.07, 6.45) is 0.555. The monoisotopic (exact) mass is 337 g/mol. The van der Waals surface area contributed by atoms with Gasteiger partial charge in [0.25, 0.3) is 5.91 Å². The minimum Gasteiger partial charge on any atom is -0.395 e. The Hall–Kier alpha value is -2.66. The van der Waals surface area contributed by atoms with Gasteiger partial charge in [0.1, 0.15) is 5.71 Å².